The summed E-state index contributed by atoms with van der Waals surface area (Å²) in [7, 11) is 0. The Labute approximate surface area is 92.6 Å². The summed E-state index contributed by atoms with van der Waals surface area (Å²) in [6.45, 7) is 0. The van der Waals surface area contributed by atoms with Crippen LogP contribution in [0.25, 0.3) is 11.0 Å². The normalized spacial score (nSPS) is 10.7. The van der Waals surface area contributed by atoms with Gasteiger partial charge in [-0.15, -0.1) is 0 Å². The molecule has 0 aliphatic heterocycles. The van der Waals surface area contributed by atoms with E-state index in [4.69, 9.17) is 17.3 Å². The van der Waals surface area contributed by atoms with Crippen LogP contribution in [0.3, 0.4) is 0 Å². The van der Waals surface area contributed by atoms with Gasteiger partial charge >= 0.3 is 0 Å². The Morgan fingerprint density at radius 3 is 2.93 bits per heavy atom. The first kappa shape index (κ1) is 9.48. The molecule has 3 N–H and O–H groups in total. The number of carbonyl (C=O) groups excluding carboxylic acids is 1. The summed E-state index contributed by atoms with van der Waals surface area (Å²) < 4.78 is 0.558. The first-order chi connectivity index (χ1) is 6.59. The van der Waals surface area contributed by atoms with Crippen LogP contribution in [-0.4, -0.2) is 15.2 Å². The number of nitrogens with zero attached hydrogens (tertiary/aromatic N) is 1. The first-order valence-electron chi connectivity index (χ1n) is 3.73. The maximum atomic E-state index is 11.0. The van der Waals surface area contributed by atoms with E-state index in [1.54, 1.807) is 12.1 Å². The highest BCUT2D eigenvalue weighted by molar-refractivity contribution is 9.10. The molecular weight excluding hydrogens is 269 g/mol. The number of rotatable bonds is 1. The highest BCUT2D eigenvalue weighted by atomic mass is 79.9. The number of carbonyl (C=O) groups is 1. The van der Waals surface area contributed by atoms with Crippen molar-refractivity contribution in [3.63, 3.8) is 0 Å². The SMILES string of the molecule is Nc1nc2c(Br)c(C(=O)Cl)ccc2[nH]1. The number of hydrogen-bond acceptors (Lipinski definition) is 3. The van der Waals surface area contributed by atoms with Gasteiger partial charge in [0.1, 0.15) is 5.52 Å². The predicted molar refractivity (Wildman–Crippen MR) is 58.4 cm³/mol. The summed E-state index contributed by atoms with van der Waals surface area (Å²) in [5, 5.41) is -0.527. The number of H-pyrrole nitrogens is 1. The summed E-state index contributed by atoms with van der Waals surface area (Å²) in [4.78, 5) is 17.9. The Balaban J connectivity index is 2.80. The number of imidazole rings is 1. The lowest BCUT2D eigenvalue weighted by atomic mass is 10.2. The number of aromatic nitrogens is 2. The Kier molecular flexibility index (Phi) is 2.20. The van der Waals surface area contributed by atoms with Crippen molar-refractivity contribution >= 4 is 49.8 Å². The molecule has 1 heterocycles. The number of benzene rings is 1. The largest absolute Gasteiger partial charge is 0.369 e. The van der Waals surface area contributed by atoms with E-state index in [1.807, 2.05) is 0 Å². The van der Waals surface area contributed by atoms with Crippen molar-refractivity contribution in [1.82, 2.24) is 9.97 Å². The number of nitrogens with two attached hydrogens (primary N) is 1. The van der Waals surface area contributed by atoms with E-state index in [0.29, 0.717) is 21.5 Å². The molecule has 2 rings (SSSR count). The average Bonchev–Trinajstić information content (AvgIpc) is 2.46. The second-order valence-electron chi connectivity index (χ2n) is 2.72. The smallest absolute Gasteiger partial charge is 0.253 e. The van der Waals surface area contributed by atoms with Crippen molar-refractivity contribution in [2.24, 2.45) is 0 Å². The highest BCUT2D eigenvalue weighted by Crippen LogP contribution is 2.27. The average molecular weight is 275 g/mol. The maximum Gasteiger partial charge on any atom is 0.253 e. The minimum Gasteiger partial charge on any atom is -0.369 e. The van der Waals surface area contributed by atoms with Gasteiger partial charge in [0.15, 0.2) is 5.95 Å². The molecule has 0 fully saturated rings. The summed E-state index contributed by atoms with van der Waals surface area (Å²) in [5.41, 5.74) is 7.23. The summed E-state index contributed by atoms with van der Waals surface area (Å²) in [5.74, 6) is 0.305. The van der Waals surface area contributed by atoms with Crippen molar-refractivity contribution in [3.8, 4) is 0 Å². The fourth-order valence-corrected chi connectivity index (χ4v) is 2.10. The van der Waals surface area contributed by atoms with Crippen LogP contribution in [0.4, 0.5) is 5.95 Å². The molecule has 14 heavy (non-hydrogen) atoms. The lowest BCUT2D eigenvalue weighted by Crippen LogP contribution is -1.90. The van der Waals surface area contributed by atoms with E-state index in [0.717, 1.165) is 5.52 Å². The third kappa shape index (κ3) is 1.38. The van der Waals surface area contributed by atoms with E-state index >= 15 is 0 Å². The minimum atomic E-state index is -0.527. The summed E-state index contributed by atoms with van der Waals surface area (Å²) in [6.07, 6.45) is 0. The Morgan fingerprint density at radius 1 is 1.57 bits per heavy atom. The second-order valence-corrected chi connectivity index (χ2v) is 3.86. The van der Waals surface area contributed by atoms with Crippen LogP contribution in [-0.2, 0) is 0 Å². The highest BCUT2D eigenvalue weighted by Gasteiger charge is 2.12. The van der Waals surface area contributed by atoms with Crippen molar-refractivity contribution in [2.75, 3.05) is 5.73 Å². The second kappa shape index (κ2) is 3.25. The number of fused-ring (bicyclic) bond motifs is 1. The van der Waals surface area contributed by atoms with Crippen LogP contribution >= 0.6 is 27.5 Å². The van der Waals surface area contributed by atoms with Gasteiger partial charge in [-0.05, 0) is 39.7 Å². The first-order valence-corrected chi connectivity index (χ1v) is 4.90. The number of anilines is 1. The number of nitrogens with one attached hydrogen (secondary N) is 1. The molecule has 0 radical (unpaired) electrons. The number of halogens is 2. The molecular formula is C8H5BrClN3O. The predicted octanol–water partition coefficient (Wildman–Crippen LogP) is 2.29. The Bertz CT molecular complexity index is 523. The molecule has 0 atom stereocenters. The molecule has 6 heteroatoms. The van der Waals surface area contributed by atoms with Gasteiger partial charge in [0.2, 0.25) is 0 Å². The van der Waals surface area contributed by atoms with Crippen molar-refractivity contribution in [1.29, 1.82) is 0 Å². The molecule has 0 amide bonds. The Hall–Kier alpha value is -1.07. The minimum absolute atomic E-state index is 0.305. The van der Waals surface area contributed by atoms with Gasteiger partial charge in [-0.1, -0.05) is 0 Å². The van der Waals surface area contributed by atoms with Gasteiger partial charge in [0.25, 0.3) is 5.24 Å². The molecule has 0 spiro atoms. The zero-order valence-corrected chi connectivity index (χ0v) is 9.19. The van der Waals surface area contributed by atoms with Gasteiger partial charge in [0.05, 0.1) is 15.6 Å². The third-order valence-corrected chi connectivity index (χ3v) is 2.83. The molecule has 0 saturated heterocycles. The summed E-state index contributed by atoms with van der Waals surface area (Å²) >= 11 is 8.63. The van der Waals surface area contributed by atoms with Gasteiger partial charge in [-0.3, -0.25) is 4.79 Å². The number of hydrogen-bond donors (Lipinski definition) is 2. The van der Waals surface area contributed by atoms with Crippen molar-refractivity contribution in [2.45, 2.75) is 0 Å². The number of nitrogen functional groups attached to an aromatic ring is 1. The van der Waals surface area contributed by atoms with Gasteiger partial charge in [-0.25, -0.2) is 4.98 Å². The van der Waals surface area contributed by atoms with Gasteiger partial charge in [-0.2, -0.15) is 0 Å². The molecule has 0 aliphatic rings. The van der Waals surface area contributed by atoms with E-state index in [2.05, 4.69) is 25.9 Å². The quantitative estimate of drug-likeness (QED) is 0.784. The lowest BCUT2D eigenvalue weighted by Gasteiger charge is -1.97. The standard InChI is InChI=1S/C8H5BrClN3O/c9-5-3(7(10)14)1-2-4-6(5)13-8(11)12-4/h1-2H,(H3,11,12,13). The van der Waals surface area contributed by atoms with E-state index in [-0.39, 0.29) is 0 Å². The van der Waals surface area contributed by atoms with Crippen LogP contribution in [0.1, 0.15) is 10.4 Å². The lowest BCUT2D eigenvalue weighted by molar-refractivity contribution is 0.108. The fourth-order valence-electron chi connectivity index (χ4n) is 1.21. The topological polar surface area (TPSA) is 71.8 Å². The number of aromatic amines is 1. The molecule has 72 valence electrons. The van der Waals surface area contributed by atoms with Crippen LogP contribution in [0.15, 0.2) is 16.6 Å². The van der Waals surface area contributed by atoms with Crippen LogP contribution in [0.5, 0.6) is 0 Å². The van der Waals surface area contributed by atoms with Gasteiger partial charge in [0, 0.05) is 0 Å². The molecule has 4 nitrogen and oxygen atoms in total. The molecule has 0 unspecified atom stereocenters. The van der Waals surface area contributed by atoms with Gasteiger partial charge < -0.3 is 10.7 Å². The van der Waals surface area contributed by atoms with E-state index < -0.39 is 5.24 Å². The fraction of sp³-hybridized carbons (Fsp3) is 0. The van der Waals surface area contributed by atoms with Crippen LogP contribution < -0.4 is 5.73 Å². The Morgan fingerprint density at radius 2 is 2.29 bits per heavy atom. The molecule has 0 bridgehead atoms. The zero-order valence-electron chi connectivity index (χ0n) is 6.84. The van der Waals surface area contributed by atoms with E-state index in [1.165, 1.54) is 0 Å². The van der Waals surface area contributed by atoms with E-state index in [9.17, 15) is 4.79 Å². The molecule has 0 aliphatic carbocycles. The molecule has 0 saturated carbocycles. The van der Waals surface area contributed by atoms with Crippen LogP contribution in [0.2, 0.25) is 0 Å². The molecule has 1 aromatic carbocycles. The zero-order chi connectivity index (χ0) is 10.3. The van der Waals surface area contributed by atoms with Crippen molar-refractivity contribution in [3.05, 3.63) is 22.2 Å². The van der Waals surface area contributed by atoms with Crippen molar-refractivity contribution < 1.29 is 4.79 Å². The summed E-state index contributed by atoms with van der Waals surface area (Å²) in [6, 6.07) is 3.32. The van der Waals surface area contributed by atoms with Crippen LogP contribution in [0, 0.1) is 0 Å². The maximum absolute atomic E-state index is 11.0. The molecule has 1 aromatic heterocycles. The third-order valence-electron chi connectivity index (χ3n) is 1.82. The molecule has 2 aromatic rings. The monoisotopic (exact) mass is 273 g/mol.